The van der Waals surface area contributed by atoms with Crippen LogP contribution in [0.15, 0.2) is 35.1 Å². The van der Waals surface area contributed by atoms with Crippen LogP contribution in [0.3, 0.4) is 0 Å². The van der Waals surface area contributed by atoms with Crippen molar-refractivity contribution in [2.45, 2.75) is 33.1 Å². The van der Waals surface area contributed by atoms with E-state index in [1.807, 2.05) is 30.3 Å². The Hall–Kier alpha value is -2.56. The minimum atomic E-state index is -0.796. The number of hydrogen-bond donors (Lipinski definition) is 2. The molecule has 0 aliphatic rings. The Bertz CT molecular complexity index is 735. The summed E-state index contributed by atoms with van der Waals surface area (Å²) in [6.07, 6.45) is 2.22. The second-order valence-electron chi connectivity index (χ2n) is 5.34. The summed E-state index contributed by atoms with van der Waals surface area (Å²) in [6.45, 7) is 3.51. The summed E-state index contributed by atoms with van der Waals surface area (Å²) in [7, 11) is 0. The van der Waals surface area contributed by atoms with Gasteiger partial charge in [0.25, 0.3) is 5.56 Å². The highest BCUT2D eigenvalue weighted by atomic mass is 16.5. The highest BCUT2D eigenvalue weighted by Gasteiger charge is 2.21. The van der Waals surface area contributed by atoms with Crippen LogP contribution in [-0.4, -0.2) is 22.7 Å². The van der Waals surface area contributed by atoms with Crippen molar-refractivity contribution in [1.82, 2.24) is 4.98 Å². The average molecular weight is 315 g/mol. The summed E-state index contributed by atoms with van der Waals surface area (Å²) in [5, 5.41) is 10.3. The maximum Gasteiger partial charge on any atom is 0.347 e. The summed E-state index contributed by atoms with van der Waals surface area (Å²) in [5.41, 5.74) is 1.44. The first-order chi connectivity index (χ1) is 11.0. The molecule has 0 saturated heterocycles. The number of benzene rings is 1. The number of carbonyl (C=O) groups excluding carboxylic acids is 1. The van der Waals surface area contributed by atoms with Gasteiger partial charge in [-0.2, -0.15) is 0 Å². The molecular formula is C18H21NO4. The summed E-state index contributed by atoms with van der Waals surface area (Å²) in [4.78, 5) is 26.4. The topological polar surface area (TPSA) is 79.4 Å². The van der Waals surface area contributed by atoms with E-state index in [0.29, 0.717) is 17.7 Å². The molecule has 1 heterocycles. The van der Waals surface area contributed by atoms with Crippen LogP contribution in [0, 0.1) is 6.92 Å². The highest BCUT2D eigenvalue weighted by Crippen LogP contribution is 2.24. The lowest BCUT2D eigenvalue weighted by Crippen LogP contribution is -2.22. The van der Waals surface area contributed by atoms with Gasteiger partial charge in [0, 0.05) is 11.3 Å². The van der Waals surface area contributed by atoms with Crippen molar-refractivity contribution in [1.29, 1.82) is 0 Å². The van der Waals surface area contributed by atoms with Gasteiger partial charge in [-0.25, -0.2) is 4.79 Å². The number of aromatic hydroxyl groups is 1. The van der Waals surface area contributed by atoms with Gasteiger partial charge < -0.3 is 14.8 Å². The van der Waals surface area contributed by atoms with Gasteiger partial charge in [-0.1, -0.05) is 30.3 Å². The number of pyridine rings is 1. The molecule has 0 atom stereocenters. The highest BCUT2D eigenvalue weighted by molar-refractivity contribution is 5.92. The Kier molecular flexibility index (Phi) is 5.57. The first kappa shape index (κ1) is 16.8. The molecule has 1 aromatic carbocycles. The zero-order valence-electron chi connectivity index (χ0n) is 13.4. The summed E-state index contributed by atoms with van der Waals surface area (Å²) in [5.74, 6) is -1.06. The number of nitrogens with one attached hydrogen (secondary N) is 1. The predicted molar refractivity (Wildman–Crippen MR) is 87.9 cm³/mol. The molecule has 0 spiro atoms. The summed E-state index contributed by atoms with van der Waals surface area (Å²) >= 11 is 0. The first-order valence-electron chi connectivity index (χ1n) is 7.70. The molecule has 122 valence electrons. The van der Waals surface area contributed by atoms with Crippen LogP contribution in [-0.2, 0) is 17.6 Å². The molecule has 0 aliphatic carbocycles. The fourth-order valence-electron chi connectivity index (χ4n) is 2.56. The van der Waals surface area contributed by atoms with Crippen molar-refractivity contribution in [3.05, 3.63) is 63.1 Å². The maximum absolute atomic E-state index is 11.9. The molecule has 0 radical (unpaired) electrons. The molecule has 2 N–H and O–H groups in total. The van der Waals surface area contributed by atoms with Gasteiger partial charge >= 0.3 is 5.97 Å². The lowest BCUT2D eigenvalue weighted by atomic mass is 10.0. The maximum atomic E-state index is 11.9. The Labute approximate surface area is 134 Å². The Balaban J connectivity index is 2.19. The number of aryl methyl sites for hydroxylation is 2. The second kappa shape index (κ2) is 7.63. The third-order valence-electron chi connectivity index (χ3n) is 3.72. The minimum absolute atomic E-state index is 0.148. The summed E-state index contributed by atoms with van der Waals surface area (Å²) < 4.78 is 4.84. The van der Waals surface area contributed by atoms with Gasteiger partial charge in [0.05, 0.1) is 6.61 Å². The number of hydrogen-bond acceptors (Lipinski definition) is 4. The summed E-state index contributed by atoms with van der Waals surface area (Å²) in [6, 6.07) is 10.0. The van der Waals surface area contributed by atoms with Crippen molar-refractivity contribution in [3.8, 4) is 5.75 Å². The number of rotatable bonds is 6. The number of H-pyrrole nitrogens is 1. The van der Waals surface area contributed by atoms with Gasteiger partial charge in [-0.3, -0.25) is 4.79 Å². The van der Waals surface area contributed by atoms with Crippen molar-refractivity contribution < 1.29 is 14.6 Å². The molecule has 5 nitrogen and oxygen atoms in total. The van der Waals surface area contributed by atoms with Crippen LogP contribution < -0.4 is 5.56 Å². The minimum Gasteiger partial charge on any atom is -0.506 e. The third kappa shape index (κ3) is 4.00. The van der Waals surface area contributed by atoms with Crippen LogP contribution in [0.1, 0.15) is 40.5 Å². The average Bonchev–Trinajstić information content (AvgIpc) is 2.51. The third-order valence-corrected chi connectivity index (χ3v) is 3.72. The molecule has 2 aromatic rings. The molecule has 0 unspecified atom stereocenters. The van der Waals surface area contributed by atoms with Gasteiger partial charge in [-0.15, -0.1) is 0 Å². The molecule has 0 amide bonds. The van der Waals surface area contributed by atoms with Crippen LogP contribution in [0.5, 0.6) is 5.75 Å². The molecule has 23 heavy (non-hydrogen) atoms. The van der Waals surface area contributed by atoms with E-state index in [4.69, 9.17) is 4.74 Å². The van der Waals surface area contributed by atoms with E-state index < -0.39 is 11.5 Å². The van der Waals surface area contributed by atoms with Crippen molar-refractivity contribution in [2.24, 2.45) is 0 Å². The Morgan fingerprint density at radius 2 is 1.91 bits per heavy atom. The van der Waals surface area contributed by atoms with E-state index in [0.717, 1.165) is 12.8 Å². The standard InChI is InChI=1S/C18H21NO4/c1-3-23-18(22)15-16(20)14(12(2)19-17(15)21)11-7-10-13-8-5-4-6-9-13/h4-6,8-9H,3,7,10-11H2,1-2H3,(H2,19,20,21). The van der Waals surface area contributed by atoms with Gasteiger partial charge in [0.15, 0.2) is 5.56 Å². The fraction of sp³-hybridized carbons (Fsp3) is 0.333. The lowest BCUT2D eigenvalue weighted by molar-refractivity contribution is 0.0520. The first-order valence-corrected chi connectivity index (χ1v) is 7.70. The number of esters is 1. The fourth-order valence-corrected chi connectivity index (χ4v) is 2.56. The molecule has 1 aromatic heterocycles. The number of aromatic nitrogens is 1. The van der Waals surface area contributed by atoms with Crippen LogP contribution in [0.25, 0.3) is 0 Å². The zero-order valence-corrected chi connectivity index (χ0v) is 13.4. The second-order valence-corrected chi connectivity index (χ2v) is 5.34. The number of aromatic amines is 1. The van der Waals surface area contributed by atoms with Crippen LogP contribution in [0.2, 0.25) is 0 Å². The number of carbonyl (C=O) groups is 1. The predicted octanol–water partition coefficient (Wildman–Crippen LogP) is 2.74. The van der Waals surface area contributed by atoms with Gasteiger partial charge in [0.2, 0.25) is 0 Å². The van der Waals surface area contributed by atoms with Gasteiger partial charge in [0.1, 0.15) is 5.75 Å². The van der Waals surface area contributed by atoms with Crippen molar-refractivity contribution in [2.75, 3.05) is 6.61 Å². The van der Waals surface area contributed by atoms with Gasteiger partial charge in [-0.05, 0) is 38.7 Å². The van der Waals surface area contributed by atoms with E-state index in [2.05, 4.69) is 4.98 Å². The quantitative estimate of drug-likeness (QED) is 0.803. The van der Waals surface area contributed by atoms with Crippen molar-refractivity contribution >= 4 is 5.97 Å². The Morgan fingerprint density at radius 1 is 1.22 bits per heavy atom. The van der Waals surface area contributed by atoms with Crippen molar-refractivity contribution in [3.63, 3.8) is 0 Å². The van der Waals surface area contributed by atoms with E-state index in [-0.39, 0.29) is 17.9 Å². The molecule has 0 aliphatic heterocycles. The molecule has 0 saturated carbocycles. The smallest absolute Gasteiger partial charge is 0.347 e. The largest absolute Gasteiger partial charge is 0.506 e. The molecule has 0 bridgehead atoms. The van der Waals surface area contributed by atoms with Crippen LogP contribution >= 0.6 is 0 Å². The number of ether oxygens (including phenoxy) is 1. The molecule has 0 fully saturated rings. The molecule has 5 heteroatoms. The van der Waals surface area contributed by atoms with Crippen LogP contribution in [0.4, 0.5) is 0 Å². The molecular weight excluding hydrogens is 294 g/mol. The van der Waals surface area contributed by atoms with E-state index in [9.17, 15) is 14.7 Å². The Morgan fingerprint density at radius 3 is 2.57 bits per heavy atom. The lowest BCUT2D eigenvalue weighted by Gasteiger charge is -2.11. The van der Waals surface area contributed by atoms with E-state index in [1.54, 1.807) is 13.8 Å². The zero-order chi connectivity index (χ0) is 16.8. The SMILES string of the molecule is CCOC(=O)c1c(O)c(CCCc2ccccc2)c(C)[nH]c1=O. The normalized spacial score (nSPS) is 10.5. The molecule has 2 rings (SSSR count). The monoisotopic (exact) mass is 315 g/mol. The van der Waals surface area contributed by atoms with E-state index >= 15 is 0 Å². The van der Waals surface area contributed by atoms with E-state index in [1.165, 1.54) is 5.56 Å².